The number of nitrogens with two attached hydrogens (primary N) is 1. The molecule has 0 radical (unpaired) electrons. The topological polar surface area (TPSA) is 64.7 Å². The molecular weight excluding hydrogens is 206 g/mol. The maximum Gasteiger partial charge on any atom is 0.161 e. The third kappa shape index (κ3) is 3.12. The van der Waals surface area contributed by atoms with E-state index in [1.54, 1.807) is 13.2 Å². The Morgan fingerprint density at radius 1 is 1.31 bits per heavy atom. The van der Waals surface area contributed by atoms with Crippen LogP contribution in [0.5, 0.6) is 11.5 Å². The number of aliphatic hydroxyl groups is 1. The predicted octanol–water partition coefficient (Wildman–Crippen LogP) is 1.17. The molecule has 0 bridgehead atoms. The first-order chi connectivity index (χ1) is 7.65. The summed E-state index contributed by atoms with van der Waals surface area (Å²) in [5.74, 6) is 1.27. The molecule has 0 saturated heterocycles. The highest BCUT2D eigenvalue weighted by Gasteiger charge is 2.24. The largest absolute Gasteiger partial charge is 0.493 e. The van der Waals surface area contributed by atoms with Crippen molar-refractivity contribution in [1.29, 1.82) is 0 Å². The van der Waals surface area contributed by atoms with Crippen LogP contribution in [0.4, 0.5) is 0 Å². The van der Waals surface area contributed by atoms with Crippen LogP contribution in [0.3, 0.4) is 0 Å². The van der Waals surface area contributed by atoms with Crippen molar-refractivity contribution in [2.75, 3.05) is 20.3 Å². The Morgan fingerprint density at radius 2 is 1.94 bits per heavy atom. The van der Waals surface area contributed by atoms with Gasteiger partial charge in [-0.1, -0.05) is 19.1 Å². The molecule has 0 spiro atoms. The van der Waals surface area contributed by atoms with Crippen molar-refractivity contribution in [2.24, 2.45) is 5.73 Å². The number of rotatable bonds is 6. The molecule has 0 amide bonds. The van der Waals surface area contributed by atoms with Crippen LogP contribution in [0.2, 0.25) is 0 Å². The summed E-state index contributed by atoms with van der Waals surface area (Å²) < 4.78 is 10.7. The monoisotopic (exact) mass is 225 g/mol. The number of ether oxygens (including phenoxy) is 2. The van der Waals surface area contributed by atoms with Crippen molar-refractivity contribution in [3.63, 3.8) is 0 Å². The van der Waals surface area contributed by atoms with Crippen molar-refractivity contribution in [3.05, 3.63) is 24.3 Å². The maximum absolute atomic E-state index is 9.96. The molecule has 3 N–H and O–H groups in total. The van der Waals surface area contributed by atoms with E-state index >= 15 is 0 Å². The average molecular weight is 225 g/mol. The molecule has 0 aliphatic carbocycles. The third-order valence-corrected chi connectivity index (χ3v) is 2.60. The highest BCUT2D eigenvalue weighted by atomic mass is 16.5. The summed E-state index contributed by atoms with van der Waals surface area (Å²) in [6.07, 6.45) is 0.554. The molecule has 1 atom stereocenters. The fourth-order valence-corrected chi connectivity index (χ4v) is 1.26. The number of para-hydroxylation sites is 2. The van der Waals surface area contributed by atoms with Gasteiger partial charge in [-0.3, -0.25) is 0 Å². The Bertz CT molecular complexity index is 324. The van der Waals surface area contributed by atoms with E-state index in [0.29, 0.717) is 17.9 Å². The van der Waals surface area contributed by atoms with Crippen molar-refractivity contribution in [3.8, 4) is 11.5 Å². The van der Waals surface area contributed by atoms with Gasteiger partial charge in [0.05, 0.1) is 7.11 Å². The van der Waals surface area contributed by atoms with Crippen molar-refractivity contribution < 1.29 is 14.6 Å². The number of hydrogen-bond acceptors (Lipinski definition) is 4. The molecule has 4 nitrogen and oxygen atoms in total. The molecule has 0 aliphatic rings. The van der Waals surface area contributed by atoms with Gasteiger partial charge in [-0.25, -0.2) is 0 Å². The molecule has 1 unspecified atom stereocenters. The number of benzene rings is 1. The van der Waals surface area contributed by atoms with Crippen LogP contribution in [0.25, 0.3) is 0 Å². The number of hydrogen-bond donors (Lipinski definition) is 2. The molecule has 0 fully saturated rings. The summed E-state index contributed by atoms with van der Waals surface area (Å²) in [4.78, 5) is 0. The van der Waals surface area contributed by atoms with Gasteiger partial charge in [0.1, 0.15) is 12.2 Å². The van der Waals surface area contributed by atoms with Gasteiger partial charge in [-0.05, 0) is 18.6 Å². The van der Waals surface area contributed by atoms with Crippen LogP contribution in [0.1, 0.15) is 13.3 Å². The Morgan fingerprint density at radius 3 is 2.44 bits per heavy atom. The molecule has 1 aromatic carbocycles. The Balaban J connectivity index is 2.67. The van der Waals surface area contributed by atoms with Crippen LogP contribution in [-0.2, 0) is 0 Å². The second-order valence-electron chi connectivity index (χ2n) is 3.72. The lowest BCUT2D eigenvalue weighted by molar-refractivity contribution is -0.000903. The lowest BCUT2D eigenvalue weighted by Crippen LogP contribution is -2.42. The molecule has 90 valence electrons. The van der Waals surface area contributed by atoms with E-state index in [1.165, 1.54) is 0 Å². The molecule has 1 aromatic rings. The minimum atomic E-state index is -0.971. The van der Waals surface area contributed by atoms with Gasteiger partial charge in [0, 0.05) is 6.54 Å². The Labute approximate surface area is 96.0 Å². The van der Waals surface area contributed by atoms with Crippen LogP contribution >= 0.6 is 0 Å². The van der Waals surface area contributed by atoms with Gasteiger partial charge < -0.3 is 20.3 Å². The summed E-state index contributed by atoms with van der Waals surface area (Å²) in [5, 5.41) is 9.96. The SMILES string of the molecule is CCC(O)(CN)COc1ccccc1OC. The van der Waals surface area contributed by atoms with Crippen molar-refractivity contribution >= 4 is 0 Å². The standard InChI is InChI=1S/C12H19NO3/c1-3-12(14,8-13)9-16-11-7-5-4-6-10(11)15-2/h4-7,14H,3,8-9,13H2,1-2H3. The molecule has 0 aromatic heterocycles. The Hall–Kier alpha value is -1.26. The first-order valence-corrected chi connectivity index (χ1v) is 5.33. The smallest absolute Gasteiger partial charge is 0.161 e. The molecule has 16 heavy (non-hydrogen) atoms. The predicted molar refractivity (Wildman–Crippen MR) is 62.8 cm³/mol. The van der Waals surface area contributed by atoms with E-state index in [1.807, 2.05) is 25.1 Å². The molecule has 0 saturated carbocycles. The third-order valence-electron chi connectivity index (χ3n) is 2.60. The van der Waals surface area contributed by atoms with Gasteiger partial charge in [0.25, 0.3) is 0 Å². The lowest BCUT2D eigenvalue weighted by atomic mass is 10.0. The van der Waals surface area contributed by atoms with Crippen LogP contribution in [0.15, 0.2) is 24.3 Å². The summed E-state index contributed by atoms with van der Waals surface area (Å²) >= 11 is 0. The van der Waals surface area contributed by atoms with E-state index < -0.39 is 5.60 Å². The lowest BCUT2D eigenvalue weighted by Gasteiger charge is -2.25. The zero-order valence-electron chi connectivity index (χ0n) is 9.77. The van der Waals surface area contributed by atoms with Crippen molar-refractivity contribution in [2.45, 2.75) is 18.9 Å². The van der Waals surface area contributed by atoms with Crippen LogP contribution in [-0.4, -0.2) is 31.0 Å². The molecule has 4 heteroatoms. The van der Waals surface area contributed by atoms with E-state index in [0.717, 1.165) is 0 Å². The first-order valence-electron chi connectivity index (χ1n) is 5.33. The molecule has 1 rings (SSSR count). The zero-order chi connectivity index (χ0) is 12.0. The second kappa shape index (κ2) is 5.72. The van der Waals surface area contributed by atoms with Gasteiger partial charge in [0.15, 0.2) is 11.5 Å². The van der Waals surface area contributed by atoms with Crippen LogP contribution < -0.4 is 15.2 Å². The highest BCUT2D eigenvalue weighted by Crippen LogP contribution is 2.26. The van der Waals surface area contributed by atoms with Gasteiger partial charge in [0.2, 0.25) is 0 Å². The van der Waals surface area contributed by atoms with Gasteiger partial charge >= 0.3 is 0 Å². The first kappa shape index (κ1) is 12.8. The molecule has 0 heterocycles. The fourth-order valence-electron chi connectivity index (χ4n) is 1.26. The van der Waals surface area contributed by atoms with Gasteiger partial charge in [-0.15, -0.1) is 0 Å². The number of methoxy groups -OCH3 is 1. The van der Waals surface area contributed by atoms with E-state index in [4.69, 9.17) is 15.2 Å². The van der Waals surface area contributed by atoms with Gasteiger partial charge in [-0.2, -0.15) is 0 Å². The Kier molecular flexibility index (Phi) is 4.58. The van der Waals surface area contributed by atoms with E-state index in [9.17, 15) is 5.11 Å². The summed E-state index contributed by atoms with van der Waals surface area (Å²) in [5.41, 5.74) is 4.52. The minimum absolute atomic E-state index is 0.167. The van der Waals surface area contributed by atoms with Crippen LogP contribution in [0, 0.1) is 0 Å². The quantitative estimate of drug-likeness (QED) is 0.763. The molecular formula is C12H19NO3. The maximum atomic E-state index is 9.96. The molecule has 0 aliphatic heterocycles. The summed E-state index contributed by atoms with van der Waals surface area (Å²) in [6, 6.07) is 7.32. The average Bonchev–Trinajstić information content (AvgIpc) is 2.36. The van der Waals surface area contributed by atoms with E-state index in [2.05, 4.69) is 0 Å². The second-order valence-corrected chi connectivity index (χ2v) is 3.72. The summed E-state index contributed by atoms with van der Waals surface area (Å²) in [6.45, 7) is 2.22. The summed E-state index contributed by atoms with van der Waals surface area (Å²) in [7, 11) is 1.58. The normalized spacial score (nSPS) is 14.2. The highest BCUT2D eigenvalue weighted by molar-refractivity contribution is 5.39. The zero-order valence-corrected chi connectivity index (χ0v) is 9.77. The van der Waals surface area contributed by atoms with E-state index in [-0.39, 0.29) is 13.2 Å². The fraction of sp³-hybridized carbons (Fsp3) is 0.500. The van der Waals surface area contributed by atoms with Crippen molar-refractivity contribution in [1.82, 2.24) is 0 Å². The minimum Gasteiger partial charge on any atom is -0.493 e.